The zero-order valence-corrected chi connectivity index (χ0v) is 14.3. The Kier molecular flexibility index (Phi) is 4.67. The average molecular weight is 361 g/mol. The fourth-order valence-corrected chi connectivity index (χ4v) is 3.88. The van der Waals surface area contributed by atoms with Crippen molar-refractivity contribution in [3.05, 3.63) is 58.3 Å². The normalized spacial score (nSPS) is 19.4. The summed E-state index contributed by atoms with van der Waals surface area (Å²) in [6.07, 6.45) is 5.03. The van der Waals surface area contributed by atoms with Crippen molar-refractivity contribution in [1.82, 2.24) is 9.88 Å². The van der Waals surface area contributed by atoms with Crippen LogP contribution in [-0.4, -0.2) is 28.4 Å². The highest BCUT2D eigenvalue weighted by atomic mass is 79.9. The van der Waals surface area contributed by atoms with Gasteiger partial charge in [0.05, 0.1) is 0 Å². The van der Waals surface area contributed by atoms with Gasteiger partial charge in [-0.25, -0.2) is 0 Å². The minimum Gasteiger partial charge on any atom is -0.356 e. The summed E-state index contributed by atoms with van der Waals surface area (Å²) in [6.45, 7) is 3.06. The molecule has 0 aliphatic carbocycles. The summed E-state index contributed by atoms with van der Waals surface area (Å²) in [5.41, 5.74) is 2.00. The number of carbonyl (C=O) groups excluding carboxylic acids is 1. The van der Waals surface area contributed by atoms with Gasteiger partial charge in [0.15, 0.2) is 0 Å². The molecule has 1 aromatic heterocycles. The van der Waals surface area contributed by atoms with E-state index in [-0.39, 0.29) is 5.91 Å². The topological polar surface area (TPSA) is 36.1 Å². The molecule has 116 valence electrons. The maximum Gasteiger partial charge on any atom is 0.270 e. The van der Waals surface area contributed by atoms with Crippen LogP contribution in [0.4, 0.5) is 0 Å². The Labute approximate surface area is 139 Å². The lowest BCUT2D eigenvalue weighted by atomic mass is 9.87. The number of nitrogens with one attached hydrogen (secondary N) is 1. The van der Waals surface area contributed by atoms with Gasteiger partial charge in [-0.3, -0.25) is 4.79 Å². The summed E-state index contributed by atoms with van der Waals surface area (Å²) < 4.78 is 0.918. The number of benzene rings is 1. The third-order valence-corrected chi connectivity index (χ3v) is 5.03. The number of likely N-dealkylation sites (tertiary alicyclic amines) is 1. The third kappa shape index (κ3) is 2.98. The van der Waals surface area contributed by atoms with E-state index in [1.165, 1.54) is 5.56 Å². The van der Waals surface area contributed by atoms with E-state index >= 15 is 0 Å². The number of nitrogens with zero attached hydrogens (tertiary/aromatic N) is 1. The lowest BCUT2D eigenvalue weighted by Gasteiger charge is -2.31. The van der Waals surface area contributed by atoms with Crippen molar-refractivity contribution in [2.45, 2.75) is 38.1 Å². The van der Waals surface area contributed by atoms with Crippen molar-refractivity contribution >= 4 is 21.8 Å². The Morgan fingerprint density at radius 3 is 2.82 bits per heavy atom. The molecule has 1 aliphatic rings. The lowest BCUT2D eigenvalue weighted by molar-refractivity contribution is 0.0709. The zero-order chi connectivity index (χ0) is 15.5. The van der Waals surface area contributed by atoms with Gasteiger partial charge < -0.3 is 9.88 Å². The van der Waals surface area contributed by atoms with Crippen molar-refractivity contribution in [3.63, 3.8) is 0 Å². The predicted octanol–water partition coefficient (Wildman–Crippen LogP) is 4.58. The van der Waals surface area contributed by atoms with Crippen LogP contribution in [0.1, 0.15) is 48.2 Å². The molecule has 22 heavy (non-hydrogen) atoms. The minimum atomic E-state index is 0.114. The van der Waals surface area contributed by atoms with Gasteiger partial charge in [-0.15, -0.1) is 0 Å². The summed E-state index contributed by atoms with van der Waals surface area (Å²) in [7, 11) is 0. The first-order chi connectivity index (χ1) is 10.7. The van der Waals surface area contributed by atoms with Crippen molar-refractivity contribution < 1.29 is 4.79 Å². The monoisotopic (exact) mass is 360 g/mol. The number of aromatic amines is 1. The minimum absolute atomic E-state index is 0.114. The number of H-pyrrole nitrogens is 1. The average Bonchev–Trinajstić information content (AvgIpc) is 3.18. The van der Waals surface area contributed by atoms with Gasteiger partial charge in [-0.1, -0.05) is 37.3 Å². The molecular weight excluding hydrogens is 340 g/mol. The van der Waals surface area contributed by atoms with E-state index in [2.05, 4.69) is 57.0 Å². The molecule has 3 nitrogen and oxygen atoms in total. The molecule has 1 aliphatic heterocycles. The van der Waals surface area contributed by atoms with E-state index in [1.54, 1.807) is 0 Å². The first-order valence-corrected chi connectivity index (χ1v) is 8.70. The predicted molar refractivity (Wildman–Crippen MR) is 92.0 cm³/mol. The van der Waals surface area contributed by atoms with E-state index in [4.69, 9.17) is 0 Å². The van der Waals surface area contributed by atoms with Crippen LogP contribution in [0.5, 0.6) is 0 Å². The molecule has 1 aromatic carbocycles. The van der Waals surface area contributed by atoms with Gasteiger partial charge in [0.25, 0.3) is 5.91 Å². The smallest absolute Gasteiger partial charge is 0.270 e. The Bertz CT molecular complexity index is 638. The van der Waals surface area contributed by atoms with E-state index in [1.807, 2.05) is 18.3 Å². The first kappa shape index (κ1) is 15.3. The van der Waals surface area contributed by atoms with Crippen molar-refractivity contribution in [2.24, 2.45) is 0 Å². The molecule has 0 radical (unpaired) electrons. The fraction of sp³-hybridized carbons (Fsp3) is 0.389. The Hall–Kier alpha value is -1.55. The second-order valence-corrected chi connectivity index (χ2v) is 6.78. The Morgan fingerprint density at radius 1 is 1.41 bits per heavy atom. The quantitative estimate of drug-likeness (QED) is 0.851. The Balaban J connectivity index is 1.84. The van der Waals surface area contributed by atoms with Crippen LogP contribution in [0.3, 0.4) is 0 Å². The van der Waals surface area contributed by atoms with Crippen LogP contribution >= 0.6 is 15.9 Å². The van der Waals surface area contributed by atoms with E-state index in [0.29, 0.717) is 17.7 Å². The fourth-order valence-electron chi connectivity index (χ4n) is 3.54. The van der Waals surface area contributed by atoms with Gasteiger partial charge in [-0.2, -0.15) is 0 Å². The largest absolute Gasteiger partial charge is 0.356 e. The number of aromatic nitrogens is 1. The molecule has 1 fully saturated rings. The highest BCUT2D eigenvalue weighted by Gasteiger charge is 2.35. The van der Waals surface area contributed by atoms with Crippen molar-refractivity contribution in [3.8, 4) is 0 Å². The molecule has 2 atom stereocenters. The van der Waals surface area contributed by atoms with Gasteiger partial charge in [0.2, 0.25) is 0 Å². The van der Waals surface area contributed by atoms with Crippen molar-refractivity contribution in [2.75, 3.05) is 6.54 Å². The molecule has 0 spiro atoms. The first-order valence-electron chi connectivity index (χ1n) is 7.90. The van der Waals surface area contributed by atoms with Crippen LogP contribution in [0, 0.1) is 0 Å². The van der Waals surface area contributed by atoms with Crippen LogP contribution in [0.15, 0.2) is 47.1 Å². The molecule has 0 bridgehead atoms. The molecule has 2 heterocycles. The summed E-state index contributed by atoms with van der Waals surface area (Å²) in [4.78, 5) is 17.9. The van der Waals surface area contributed by atoms with Gasteiger partial charge >= 0.3 is 0 Å². The maximum absolute atomic E-state index is 12.8. The number of halogens is 1. The third-order valence-electron chi connectivity index (χ3n) is 4.57. The second kappa shape index (κ2) is 6.69. The lowest BCUT2D eigenvalue weighted by Crippen LogP contribution is -2.39. The van der Waals surface area contributed by atoms with Gasteiger partial charge in [-0.05, 0) is 46.8 Å². The van der Waals surface area contributed by atoms with Crippen LogP contribution in [-0.2, 0) is 0 Å². The molecule has 1 amide bonds. The summed E-state index contributed by atoms with van der Waals surface area (Å²) in [5, 5.41) is 0. The zero-order valence-electron chi connectivity index (χ0n) is 12.8. The second-order valence-electron chi connectivity index (χ2n) is 5.87. The molecule has 1 N–H and O–H groups in total. The highest BCUT2D eigenvalue weighted by molar-refractivity contribution is 9.10. The Morgan fingerprint density at radius 2 is 2.18 bits per heavy atom. The molecule has 3 rings (SSSR count). The number of hydrogen-bond donors (Lipinski definition) is 1. The maximum atomic E-state index is 12.8. The summed E-state index contributed by atoms with van der Waals surface area (Å²) >= 11 is 3.40. The summed E-state index contributed by atoms with van der Waals surface area (Å²) in [5.74, 6) is 0.522. The number of carbonyl (C=O) groups is 1. The van der Waals surface area contributed by atoms with Crippen LogP contribution in [0.25, 0.3) is 0 Å². The molecule has 2 aromatic rings. The highest BCUT2D eigenvalue weighted by Crippen LogP contribution is 2.34. The number of hydrogen-bond acceptors (Lipinski definition) is 1. The van der Waals surface area contributed by atoms with E-state index < -0.39 is 0 Å². The molecule has 1 saturated heterocycles. The van der Waals surface area contributed by atoms with E-state index in [0.717, 1.165) is 30.3 Å². The van der Waals surface area contributed by atoms with Crippen LogP contribution in [0.2, 0.25) is 0 Å². The number of rotatable bonds is 4. The standard InChI is InChI=1S/C18H21BrN2O/c1-2-15(13-7-4-3-5-8-13)17-9-6-10-21(17)18(22)16-11-14(19)12-20-16/h3-5,7-8,11-12,15,17,20H,2,6,9-10H2,1H3. The molecule has 4 heteroatoms. The van der Waals surface area contributed by atoms with Gasteiger partial charge in [0, 0.05) is 29.2 Å². The van der Waals surface area contributed by atoms with E-state index in [9.17, 15) is 4.79 Å². The van der Waals surface area contributed by atoms with Crippen molar-refractivity contribution in [1.29, 1.82) is 0 Å². The molecule has 2 unspecified atom stereocenters. The van der Waals surface area contributed by atoms with Crippen LogP contribution < -0.4 is 0 Å². The summed E-state index contributed by atoms with van der Waals surface area (Å²) in [6, 6.07) is 12.7. The SMILES string of the molecule is CCC(c1ccccc1)C1CCCN1C(=O)c1cc(Br)c[nH]1. The van der Waals surface area contributed by atoms with Gasteiger partial charge in [0.1, 0.15) is 5.69 Å². The molecular formula is C18H21BrN2O. The molecule has 0 saturated carbocycles. The number of amides is 1.